The molecule has 4 aromatic rings. The minimum atomic E-state index is -0.393. The smallest absolute Gasteiger partial charge is 0.365 e. The lowest BCUT2D eigenvalue weighted by molar-refractivity contribution is 0.302. The predicted octanol–water partition coefficient (Wildman–Crippen LogP) is 1.73. The molecule has 4 rings (SSSR count). The molecule has 0 radical (unpaired) electrons. The van der Waals surface area contributed by atoms with E-state index in [9.17, 15) is 4.79 Å². The zero-order valence-electron chi connectivity index (χ0n) is 14.8. The first kappa shape index (κ1) is 16.7. The number of rotatable bonds is 5. The van der Waals surface area contributed by atoms with E-state index in [1.165, 1.54) is 11.0 Å². The minimum Gasteiger partial charge on any atom is -0.489 e. The molecule has 2 aromatic heterocycles. The fraction of sp³-hybridized carbons (Fsp3) is 0.167. The van der Waals surface area contributed by atoms with E-state index in [-0.39, 0.29) is 0 Å². The van der Waals surface area contributed by atoms with E-state index >= 15 is 0 Å². The van der Waals surface area contributed by atoms with Crippen LogP contribution in [0.1, 0.15) is 16.7 Å². The molecule has 0 atom stereocenters. The first-order chi connectivity index (χ1) is 13.1. The summed E-state index contributed by atoms with van der Waals surface area (Å²) in [6.45, 7) is 4.23. The van der Waals surface area contributed by atoms with Gasteiger partial charge < -0.3 is 4.74 Å². The largest absolute Gasteiger partial charge is 0.489 e. The summed E-state index contributed by atoms with van der Waals surface area (Å²) in [5.41, 5.74) is 3.99. The van der Waals surface area contributed by atoms with E-state index in [0.29, 0.717) is 12.3 Å². The van der Waals surface area contributed by atoms with Crippen LogP contribution >= 0.6 is 0 Å². The van der Waals surface area contributed by atoms with Crippen molar-refractivity contribution in [3.63, 3.8) is 0 Å². The molecule has 1 N–H and O–H groups in total. The van der Waals surface area contributed by atoms with E-state index < -0.39 is 5.69 Å². The Labute approximate surface area is 154 Å². The SMILES string of the molecule is Cc1cc(-n2cncn2)ccc1OCc1c(C)cccc1-n1nn[nH]c1=O. The fourth-order valence-corrected chi connectivity index (χ4v) is 2.86. The average molecular weight is 363 g/mol. The van der Waals surface area contributed by atoms with Crippen LogP contribution in [0.2, 0.25) is 0 Å². The Hall–Kier alpha value is -3.75. The van der Waals surface area contributed by atoms with Crippen LogP contribution in [-0.2, 0) is 6.61 Å². The van der Waals surface area contributed by atoms with Crippen LogP contribution in [0.3, 0.4) is 0 Å². The van der Waals surface area contributed by atoms with Gasteiger partial charge in [-0.15, -0.1) is 0 Å². The highest BCUT2D eigenvalue weighted by molar-refractivity contribution is 5.46. The van der Waals surface area contributed by atoms with Crippen molar-refractivity contribution < 1.29 is 4.74 Å². The number of benzene rings is 2. The summed E-state index contributed by atoms with van der Waals surface area (Å²) >= 11 is 0. The molecule has 0 saturated carbocycles. The van der Waals surface area contributed by atoms with Crippen LogP contribution in [-0.4, -0.2) is 35.0 Å². The van der Waals surface area contributed by atoms with Gasteiger partial charge in [0.15, 0.2) is 0 Å². The molecule has 0 spiro atoms. The van der Waals surface area contributed by atoms with Gasteiger partial charge in [-0.25, -0.2) is 19.6 Å². The molecule has 27 heavy (non-hydrogen) atoms. The number of hydrogen-bond acceptors (Lipinski definition) is 6. The highest BCUT2D eigenvalue weighted by Gasteiger charge is 2.13. The first-order valence-corrected chi connectivity index (χ1v) is 8.31. The van der Waals surface area contributed by atoms with Crippen LogP contribution < -0.4 is 10.4 Å². The van der Waals surface area contributed by atoms with E-state index in [1.54, 1.807) is 11.0 Å². The van der Waals surface area contributed by atoms with Crippen molar-refractivity contribution in [2.45, 2.75) is 20.5 Å². The number of nitrogens with one attached hydrogen (secondary N) is 1. The number of aromatic nitrogens is 7. The third kappa shape index (κ3) is 3.22. The van der Waals surface area contributed by atoms with Crippen molar-refractivity contribution in [3.05, 3.63) is 76.2 Å². The van der Waals surface area contributed by atoms with Gasteiger partial charge in [0.1, 0.15) is 25.0 Å². The number of tetrazole rings is 1. The number of H-pyrrole nitrogens is 1. The van der Waals surface area contributed by atoms with Gasteiger partial charge >= 0.3 is 5.69 Å². The van der Waals surface area contributed by atoms with Crippen molar-refractivity contribution in [1.29, 1.82) is 0 Å². The molecular formula is C18H17N7O2. The summed E-state index contributed by atoms with van der Waals surface area (Å²) in [6, 6.07) is 11.4. The van der Waals surface area contributed by atoms with Crippen LogP contribution in [0.15, 0.2) is 53.8 Å². The summed E-state index contributed by atoms with van der Waals surface area (Å²) in [4.78, 5) is 15.8. The predicted molar refractivity (Wildman–Crippen MR) is 97.1 cm³/mol. The van der Waals surface area contributed by atoms with Gasteiger partial charge in [0.05, 0.1) is 11.4 Å². The van der Waals surface area contributed by atoms with Crippen LogP contribution in [0.5, 0.6) is 5.75 Å². The Morgan fingerprint density at radius 1 is 1.15 bits per heavy atom. The Balaban J connectivity index is 1.61. The maximum Gasteiger partial charge on any atom is 0.365 e. The van der Waals surface area contributed by atoms with Crippen molar-refractivity contribution in [3.8, 4) is 17.1 Å². The normalized spacial score (nSPS) is 10.9. The molecule has 0 fully saturated rings. The third-order valence-corrected chi connectivity index (χ3v) is 4.30. The molecule has 0 bridgehead atoms. The molecule has 0 aliphatic heterocycles. The Morgan fingerprint density at radius 2 is 2.04 bits per heavy atom. The van der Waals surface area contributed by atoms with Gasteiger partial charge in [0.25, 0.3) is 0 Å². The number of nitrogens with zero attached hydrogens (tertiary/aromatic N) is 6. The fourth-order valence-electron chi connectivity index (χ4n) is 2.86. The molecule has 9 heteroatoms. The van der Waals surface area contributed by atoms with Gasteiger partial charge in [-0.1, -0.05) is 12.1 Å². The first-order valence-electron chi connectivity index (χ1n) is 8.31. The Kier molecular flexibility index (Phi) is 4.25. The number of aryl methyl sites for hydroxylation is 2. The molecule has 0 aliphatic rings. The van der Waals surface area contributed by atoms with Gasteiger partial charge in [0, 0.05) is 5.56 Å². The summed E-state index contributed by atoms with van der Waals surface area (Å²) in [7, 11) is 0. The summed E-state index contributed by atoms with van der Waals surface area (Å²) in [5, 5.41) is 13.8. The molecule has 2 heterocycles. The summed E-state index contributed by atoms with van der Waals surface area (Å²) in [6.07, 6.45) is 3.13. The Bertz CT molecular complexity index is 1130. The molecule has 136 valence electrons. The van der Waals surface area contributed by atoms with E-state index in [1.807, 2.05) is 50.2 Å². The van der Waals surface area contributed by atoms with Crippen molar-refractivity contribution in [2.75, 3.05) is 0 Å². The van der Waals surface area contributed by atoms with Crippen LogP contribution in [0, 0.1) is 13.8 Å². The molecule has 0 aliphatic carbocycles. The molecular weight excluding hydrogens is 346 g/mol. The highest BCUT2D eigenvalue weighted by Crippen LogP contribution is 2.24. The van der Waals surface area contributed by atoms with E-state index in [4.69, 9.17) is 4.74 Å². The number of ether oxygens (including phenoxy) is 1. The third-order valence-electron chi connectivity index (χ3n) is 4.30. The van der Waals surface area contributed by atoms with Gasteiger partial charge in [0.2, 0.25) is 0 Å². The molecule has 0 amide bonds. The van der Waals surface area contributed by atoms with Crippen LogP contribution in [0.25, 0.3) is 11.4 Å². The van der Waals surface area contributed by atoms with Crippen molar-refractivity contribution >= 4 is 0 Å². The zero-order chi connectivity index (χ0) is 18.8. The van der Waals surface area contributed by atoms with Crippen molar-refractivity contribution in [1.82, 2.24) is 35.0 Å². The molecule has 0 saturated heterocycles. The molecule has 2 aromatic carbocycles. The second kappa shape index (κ2) is 6.87. The lowest BCUT2D eigenvalue weighted by Crippen LogP contribution is -2.18. The quantitative estimate of drug-likeness (QED) is 0.579. The van der Waals surface area contributed by atoms with Gasteiger partial charge in [-0.2, -0.15) is 9.78 Å². The lowest BCUT2D eigenvalue weighted by atomic mass is 10.1. The number of hydrogen-bond donors (Lipinski definition) is 1. The monoisotopic (exact) mass is 363 g/mol. The second-order valence-corrected chi connectivity index (χ2v) is 6.07. The standard InChI is InChI=1S/C18H17N7O2/c1-12-4-3-5-16(25-18(26)21-22-23-25)15(12)9-27-17-7-6-14(8-13(17)2)24-11-19-10-20-24/h3-8,10-11H,9H2,1-2H3,(H,21,23,26). The Morgan fingerprint density at radius 3 is 2.74 bits per heavy atom. The van der Waals surface area contributed by atoms with Crippen LogP contribution in [0.4, 0.5) is 0 Å². The topological polar surface area (TPSA) is 104 Å². The number of aromatic amines is 1. The van der Waals surface area contributed by atoms with Gasteiger partial charge in [-0.05, 0) is 59.7 Å². The van der Waals surface area contributed by atoms with E-state index in [0.717, 1.165) is 28.1 Å². The maximum atomic E-state index is 11.9. The minimum absolute atomic E-state index is 0.296. The molecule has 9 nitrogen and oxygen atoms in total. The average Bonchev–Trinajstić information content (AvgIpc) is 3.33. The van der Waals surface area contributed by atoms with Crippen molar-refractivity contribution in [2.24, 2.45) is 0 Å². The van der Waals surface area contributed by atoms with E-state index in [2.05, 4.69) is 25.6 Å². The summed E-state index contributed by atoms with van der Waals surface area (Å²) < 4.78 is 8.95. The zero-order valence-corrected chi connectivity index (χ0v) is 14.8. The maximum absolute atomic E-state index is 11.9. The lowest BCUT2D eigenvalue weighted by Gasteiger charge is -2.14. The summed E-state index contributed by atoms with van der Waals surface area (Å²) in [5.74, 6) is 0.751. The highest BCUT2D eigenvalue weighted by atomic mass is 16.5. The molecule has 0 unspecified atom stereocenters. The van der Waals surface area contributed by atoms with Gasteiger partial charge in [-0.3, -0.25) is 0 Å². The second-order valence-electron chi connectivity index (χ2n) is 6.07.